The van der Waals surface area contributed by atoms with Gasteiger partial charge in [-0.2, -0.15) is 0 Å². The van der Waals surface area contributed by atoms with Gasteiger partial charge in [-0.3, -0.25) is 24.0 Å². The molecule has 14 N–H and O–H groups in total. The van der Waals surface area contributed by atoms with Crippen LogP contribution in [0.15, 0.2) is 0 Å². The Morgan fingerprint density at radius 2 is 0.923 bits per heavy atom. The lowest BCUT2D eigenvalue weighted by molar-refractivity contribution is -0.144. The van der Waals surface area contributed by atoms with Crippen molar-refractivity contribution in [2.45, 2.75) is 18.5 Å². The van der Waals surface area contributed by atoms with E-state index < -0.39 is 55.0 Å². The minimum atomic E-state index is -1.29. The van der Waals surface area contributed by atoms with Gasteiger partial charge in [0, 0.05) is 0 Å². The van der Waals surface area contributed by atoms with E-state index in [1.165, 1.54) is 0 Å². The molecule has 0 rings (SSSR count). The molecule has 0 bridgehead atoms. The fourth-order valence-electron chi connectivity index (χ4n) is 0.354. The van der Waals surface area contributed by atoms with Crippen molar-refractivity contribution in [3.8, 4) is 0 Å². The fourth-order valence-corrected chi connectivity index (χ4v) is 0.354. The van der Waals surface area contributed by atoms with Crippen LogP contribution in [0.1, 0.15) is 6.42 Å². The lowest BCUT2D eigenvalue weighted by atomic mass is 10.2. The van der Waals surface area contributed by atoms with Crippen LogP contribution in [0.2, 0.25) is 0 Å². The van der Waals surface area contributed by atoms with Gasteiger partial charge in [0.2, 0.25) is 0 Å². The normalized spacial score (nSPS) is 10.8. The molecule has 0 aliphatic carbocycles. The molecule has 15 heteroatoms. The first-order valence-corrected chi connectivity index (χ1v) is 6.39. The Labute approximate surface area is 146 Å². The second kappa shape index (κ2) is 20.2. The topological polar surface area (TPSA) is 311 Å². The van der Waals surface area contributed by atoms with Crippen LogP contribution in [-0.4, -0.2) is 92.3 Å². The van der Waals surface area contributed by atoms with Crippen LogP contribution in [-0.2, 0) is 24.0 Å². The van der Waals surface area contributed by atoms with Gasteiger partial charge in [-0.15, -0.1) is 0 Å². The van der Waals surface area contributed by atoms with Crippen LogP contribution < -0.4 is 22.9 Å². The molecule has 154 valence electrons. The standard InChI is InChI=1S/C4H7NO4.C3H7NO3.2C2H5NO2/c5-2(4(8)9)1-3(6)7;4-2(1-5)3(6)7;2*3-1-2(4)5/h2H,1,5H2,(H,6,7)(H,8,9);2,5H,1,4H2,(H,6,7);2*1,3H2,(H,4,5)/t2*2-;;/m00../s1. The average molecular weight is 388 g/mol. The van der Waals surface area contributed by atoms with Gasteiger partial charge in [-0.05, 0) is 0 Å². The Bertz CT molecular complexity index is 430. The third kappa shape index (κ3) is 37.4. The summed E-state index contributed by atoms with van der Waals surface area (Å²) in [6.07, 6.45) is -0.532. The van der Waals surface area contributed by atoms with E-state index in [0.29, 0.717) is 0 Å². The molecule has 2 atom stereocenters. The maximum absolute atomic E-state index is 9.85. The van der Waals surface area contributed by atoms with Crippen molar-refractivity contribution in [3.63, 3.8) is 0 Å². The Kier molecular flexibility index (Phi) is 24.1. The predicted octanol–water partition coefficient (Wildman–Crippen LogP) is -4.68. The summed E-state index contributed by atoms with van der Waals surface area (Å²) in [6.45, 7) is -1.06. The fraction of sp³-hybridized carbons (Fsp3) is 0.545. The van der Waals surface area contributed by atoms with Crippen molar-refractivity contribution in [3.05, 3.63) is 0 Å². The zero-order chi connectivity index (χ0) is 21.9. The maximum Gasteiger partial charge on any atom is 0.322 e. The Hall–Kier alpha value is -2.85. The summed E-state index contributed by atoms with van der Waals surface area (Å²) in [6, 6.07) is -2.41. The molecular formula is C11H24N4O11. The van der Waals surface area contributed by atoms with Crippen LogP contribution in [0, 0.1) is 0 Å². The van der Waals surface area contributed by atoms with E-state index in [2.05, 4.69) is 11.5 Å². The van der Waals surface area contributed by atoms with Crippen molar-refractivity contribution in [1.82, 2.24) is 0 Å². The van der Waals surface area contributed by atoms with Gasteiger partial charge in [-0.1, -0.05) is 0 Å². The van der Waals surface area contributed by atoms with Crippen LogP contribution in [0.3, 0.4) is 0 Å². The van der Waals surface area contributed by atoms with E-state index in [4.69, 9.17) is 42.1 Å². The summed E-state index contributed by atoms with van der Waals surface area (Å²) in [5, 5.41) is 47.1. The van der Waals surface area contributed by atoms with Crippen molar-refractivity contribution >= 4 is 29.8 Å². The van der Waals surface area contributed by atoms with E-state index in [9.17, 15) is 24.0 Å². The molecule has 0 aliphatic heterocycles. The summed E-state index contributed by atoms with van der Waals surface area (Å²) < 4.78 is 0. The summed E-state index contributed by atoms with van der Waals surface area (Å²) in [7, 11) is 0. The van der Waals surface area contributed by atoms with Gasteiger partial charge in [0.1, 0.15) is 12.1 Å². The second-order valence-electron chi connectivity index (χ2n) is 3.87. The van der Waals surface area contributed by atoms with Gasteiger partial charge in [-0.25, -0.2) is 0 Å². The molecule has 26 heavy (non-hydrogen) atoms. The van der Waals surface area contributed by atoms with Crippen LogP contribution >= 0.6 is 0 Å². The molecule has 0 spiro atoms. The number of carboxylic acids is 5. The molecule has 0 amide bonds. The van der Waals surface area contributed by atoms with Gasteiger partial charge in [0.05, 0.1) is 26.1 Å². The summed E-state index contributed by atoms with van der Waals surface area (Å²) in [5.74, 6) is -5.61. The van der Waals surface area contributed by atoms with E-state index in [1.54, 1.807) is 0 Å². The monoisotopic (exact) mass is 388 g/mol. The van der Waals surface area contributed by atoms with Gasteiger partial charge >= 0.3 is 29.8 Å². The van der Waals surface area contributed by atoms with E-state index in [-0.39, 0.29) is 13.1 Å². The number of hydrogen-bond acceptors (Lipinski definition) is 10. The molecule has 0 aromatic rings. The Balaban J connectivity index is -0.000000128. The minimum absolute atomic E-state index is 0.278. The SMILES string of the molecule is NCC(=O)O.NCC(=O)O.N[C@@H](CC(=O)O)C(=O)O.N[C@@H](CO)C(=O)O. The van der Waals surface area contributed by atoms with Crippen molar-refractivity contribution in [1.29, 1.82) is 0 Å². The molecule has 0 fully saturated rings. The number of aliphatic hydroxyl groups excluding tert-OH is 1. The lowest BCUT2D eigenvalue weighted by Crippen LogP contribution is -2.33. The number of rotatable bonds is 7. The molecule has 0 saturated heterocycles. The molecule has 15 nitrogen and oxygen atoms in total. The third-order valence-electron chi connectivity index (χ3n) is 1.57. The Morgan fingerprint density at radius 1 is 0.654 bits per heavy atom. The lowest BCUT2D eigenvalue weighted by Gasteiger charge is -1.99. The highest BCUT2D eigenvalue weighted by Gasteiger charge is 2.14. The number of hydrogen-bond donors (Lipinski definition) is 10. The average Bonchev–Trinajstić information content (AvgIpc) is 2.54. The third-order valence-corrected chi connectivity index (χ3v) is 1.57. The summed E-state index contributed by atoms with van der Waals surface area (Å²) in [5.41, 5.74) is 18.7. The highest BCUT2D eigenvalue weighted by atomic mass is 16.4. The molecule has 0 aromatic carbocycles. The smallest absolute Gasteiger partial charge is 0.322 e. The zero-order valence-electron chi connectivity index (χ0n) is 13.5. The number of carboxylic acid groups (broad SMARTS) is 5. The zero-order valence-corrected chi connectivity index (χ0v) is 13.5. The highest BCUT2D eigenvalue weighted by molar-refractivity contribution is 5.80. The quantitative estimate of drug-likeness (QED) is 0.196. The van der Waals surface area contributed by atoms with Crippen LogP contribution in [0.5, 0.6) is 0 Å². The molecule has 0 unspecified atom stereocenters. The number of nitrogens with two attached hydrogens (primary N) is 4. The summed E-state index contributed by atoms with van der Waals surface area (Å²) >= 11 is 0. The minimum Gasteiger partial charge on any atom is -0.481 e. The summed E-state index contributed by atoms with van der Waals surface area (Å²) in [4.78, 5) is 47.7. The van der Waals surface area contributed by atoms with E-state index in [1.807, 2.05) is 0 Å². The Morgan fingerprint density at radius 3 is 0.962 bits per heavy atom. The van der Waals surface area contributed by atoms with Crippen LogP contribution in [0.25, 0.3) is 0 Å². The highest BCUT2D eigenvalue weighted by Crippen LogP contribution is 1.86. The van der Waals surface area contributed by atoms with Gasteiger partial charge in [0.25, 0.3) is 0 Å². The second-order valence-corrected chi connectivity index (χ2v) is 3.87. The van der Waals surface area contributed by atoms with E-state index >= 15 is 0 Å². The first kappa shape index (κ1) is 31.0. The number of aliphatic carboxylic acids is 5. The molecule has 0 heterocycles. The number of aliphatic hydroxyl groups is 1. The van der Waals surface area contributed by atoms with Gasteiger partial charge in [0.15, 0.2) is 0 Å². The van der Waals surface area contributed by atoms with Crippen LogP contribution in [0.4, 0.5) is 0 Å². The van der Waals surface area contributed by atoms with Crippen molar-refractivity contribution < 1.29 is 54.6 Å². The maximum atomic E-state index is 9.85. The first-order valence-electron chi connectivity index (χ1n) is 6.39. The number of carbonyl (C=O) groups is 5. The molecule has 0 radical (unpaired) electrons. The van der Waals surface area contributed by atoms with Gasteiger partial charge < -0.3 is 53.6 Å². The molecule has 0 aromatic heterocycles. The molecule has 0 saturated carbocycles. The van der Waals surface area contributed by atoms with Crippen molar-refractivity contribution in [2.75, 3.05) is 19.7 Å². The van der Waals surface area contributed by atoms with Crippen molar-refractivity contribution in [2.24, 2.45) is 22.9 Å². The predicted molar refractivity (Wildman–Crippen MR) is 83.9 cm³/mol. The first-order chi connectivity index (χ1) is 11.8. The largest absolute Gasteiger partial charge is 0.481 e. The van der Waals surface area contributed by atoms with E-state index in [0.717, 1.165) is 0 Å². The molecular weight excluding hydrogens is 364 g/mol. The molecule has 0 aliphatic rings.